The second-order valence-electron chi connectivity index (χ2n) is 9.00. The number of phenols is 1. The highest BCUT2D eigenvalue weighted by Gasteiger charge is 2.42. The average Bonchev–Trinajstić information content (AvgIpc) is 3.46. The van der Waals surface area contributed by atoms with Crippen molar-refractivity contribution >= 4 is 5.91 Å². The number of fused-ring (bicyclic) bond motifs is 1. The van der Waals surface area contributed by atoms with Crippen LogP contribution in [-0.2, 0) is 6.42 Å². The number of nitrogens with one attached hydrogen (secondary N) is 1. The van der Waals surface area contributed by atoms with E-state index in [-0.39, 0.29) is 11.7 Å². The van der Waals surface area contributed by atoms with Gasteiger partial charge in [0, 0.05) is 17.7 Å². The largest absolute Gasteiger partial charge is 0.507 e. The van der Waals surface area contributed by atoms with Gasteiger partial charge in [0.05, 0.1) is 19.3 Å². The van der Waals surface area contributed by atoms with Gasteiger partial charge >= 0.3 is 0 Å². The van der Waals surface area contributed by atoms with E-state index in [0.29, 0.717) is 54.6 Å². The fourth-order valence-electron chi connectivity index (χ4n) is 4.84. The molecule has 1 aromatic heterocycles. The highest BCUT2D eigenvalue weighted by Crippen LogP contribution is 2.46. The molecule has 4 aromatic rings. The van der Waals surface area contributed by atoms with E-state index < -0.39 is 6.04 Å². The lowest BCUT2D eigenvalue weighted by atomic mass is 9.95. The van der Waals surface area contributed by atoms with Crippen molar-refractivity contribution in [3.63, 3.8) is 0 Å². The van der Waals surface area contributed by atoms with Crippen LogP contribution < -0.4 is 9.47 Å². The highest BCUT2D eigenvalue weighted by molar-refractivity contribution is 6.00. The number of nitrogens with zero attached hydrogens (tertiary/aromatic N) is 2. The van der Waals surface area contributed by atoms with Crippen LogP contribution in [0.4, 0.5) is 0 Å². The lowest BCUT2D eigenvalue weighted by molar-refractivity contribution is 0.0745. The molecule has 1 atom stereocenters. The average molecular weight is 498 g/mol. The maximum absolute atomic E-state index is 13.7. The van der Waals surface area contributed by atoms with Crippen LogP contribution in [0, 0.1) is 0 Å². The Labute approximate surface area is 216 Å². The van der Waals surface area contributed by atoms with Gasteiger partial charge in [-0.3, -0.25) is 9.89 Å². The molecule has 5 rings (SSSR count). The number of hydrogen-bond acceptors (Lipinski definition) is 5. The van der Waals surface area contributed by atoms with Crippen LogP contribution in [0.1, 0.15) is 53.5 Å². The van der Waals surface area contributed by atoms with Crippen molar-refractivity contribution in [2.45, 2.75) is 32.7 Å². The molecule has 0 fully saturated rings. The number of benzene rings is 3. The molecule has 190 valence electrons. The number of phenolic OH excluding ortho intramolecular Hbond substituents is 1. The maximum Gasteiger partial charge on any atom is 0.273 e. The normalized spacial score (nSPS) is 14.6. The van der Waals surface area contributed by atoms with Crippen LogP contribution in [0.25, 0.3) is 11.3 Å². The van der Waals surface area contributed by atoms with Gasteiger partial charge in [0.15, 0.2) is 11.5 Å². The van der Waals surface area contributed by atoms with Gasteiger partial charge in [0.2, 0.25) is 0 Å². The number of amides is 1. The second kappa shape index (κ2) is 10.8. The van der Waals surface area contributed by atoms with Crippen molar-refractivity contribution in [1.82, 2.24) is 15.1 Å². The van der Waals surface area contributed by atoms with E-state index in [1.807, 2.05) is 60.4 Å². The summed E-state index contributed by atoms with van der Waals surface area (Å²) >= 11 is 0. The first-order valence-corrected chi connectivity index (χ1v) is 12.7. The van der Waals surface area contributed by atoms with Crippen LogP contribution in [0.5, 0.6) is 17.2 Å². The predicted octanol–water partition coefficient (Wildman–Crippen LogP) is 5.76. The zero-order valence-corrected chi connectivity index (χ0v) is 21.1. The number of aromatic hydroxyl groups is 1. The Bertz CT molecular complexity index is 1380. The van der Waals surface area contributed by atoms with Crippen LogP contribution in [0.15, 0.2) is 72.8 Å². The summed E-state index contributed by atoms with van der Waals surface area (Å²) in [5.41, 5.74) is 4.39. The molecule has 1 amide bonds. The summed E-state index contributed by atoms with van der Waals surface area (Å²) in [6.45, 7) is 5.60. The van der Waals surface area contributed by atoms with E-state index in [0.717, 1.165) is 23.1 Å². The molecule has 0 saturated carbocycles. The number of carbonyl (C=O) groups is 1. The summed E-state index contributed by atoms with van der Waals surface area (Å²) in [5.74, 6) is 1.32. The Kier molecular flexibility index (Phi) is 7.12. The third-order valence-corrected chi connectivity index (χ3v) is 6.55. The van der Waals surface area contributed by atoms with E-state index in [1.165, 1.54) is 0 Å². The fraction of sp³-hybridized carbons (Fsp3) is 0.267. The highest BCUT2D eigenvalue weighted by atomic mass is 16.5. The third kappa shape index (κ3) is 4.77. The standard InChI is InChI=1S/C30H31N3O4/c1-3-18-37-24-15-14-21(19-25(24)36-4-2)29-26-27(22-12-8-9-13-23(22)34)31-32-28(26)30(35)33(29)17-16-20-10-6-5-7-11-20/h5-15,19,29,34H,3-4,16-18H2,1-2H3,(H,31,32)/t29-/m1/s1. The van der Waals surface area contributed by atoms with E-state index in [1.54, 1.807) is 12.1 Å². The lowest BCUT2D eigenvalue weighted by Gasteiger charge is -2.27. The molecule has 3 aromatic carbocycles. The van der Waals surface area contributed by atoms with Crippen molar-refractivity contribution in [3.05, 3.63) is 95.2 Å². The third-order valence-electron chi connectivity index (χ3n) is 6.55. The van der Waals surface area contributed by atoms with Gasteiger partial charge in [-0.15, -0.1) is 0 Å². The van der Waals surface area contributed by atoms with Crippen LogP contribution >= 0.6 is 0 Å². The number of aromatic amines is 1. The quantitative estimate of drug-likeness (QED) is 0.291. The van der Waals surface area contributed by atoms with Crippen molar-refractivity contribution in [1.29, 1.82) is 0 Å². The maximum atomic E-state index is 13.7. The molecule has 7 heteroatoms. The Balaban J connectivity index is 1.60. The Morgan fingerprint density at radius 1 is 0.973 bits per heavy atom. The van der Waals surface area contributed by atoms with E-state index in [4.69, 9.17) is 9.47 Å². The zero-order valence-electron chi connectivity index (χ0n) is 21.1. The molecule has 2 heterocycles. The van der Waals surface area contributed by atoms with Gasteiger partial charge in [0.25, 0.3) is 5.91 Å². The molecule has 7 nitrogen and oxygen atoms in total. The van der Waals surface area contributed by atoms with E-state index >= 15 is 0 Å². The molecule has 1 aliphatic rings. The van der Waals surface area contributed by atoms with Crippen LogP contribution in [-0.4, -0.2) is 45.9 Å². The molecular weight excluding hydrogens is 466 g/mol. The molecule has 0 spiro atoms. The van der Waals surface area contributed by atoms with Gasteiger partial charge in [-0.25, -0.2) is 0 Å². The number of aromatic nitrogens is 2. The zero-order chi connectivity index (χ0) is 25.8. The number of carbonyl (C=O) groups excluding carboxylic acids is 1. The molecule has 0 unspecified atom stereocenters. The molecule has 0 radical (unpaired) electrons. The summed E-state index contributed by atoms with van der Waals surface area (Å²) in [4.78, 5) is 15.6. The molecule has 0 bridgehead atoms. The molecular formula is C30H31N3O4. The Hall–Kier alpha value is -4.26. The lowest BCUT2D eigenvalue weighted by Crippen LogP contribution is -2.31. The monoisotopic (exact) mass is 497 g/mol. The molecule has 1 aliphatic heterocycles. The minimum Gasteiger partial charge on any atom is -0.507 e. The summed E-state index contributed by atoms with van der Waals surface area (Å²) in [6.07, 6.45) is 1.60. The summed E-state index contributed by atoms with van der Waals surface area (Å²) < 4.78 is 11.9. The number of ether oxygens (including phenoxy) is 2. The second-order valence-corrected chi connectivity index (χ2v) is 9.00. The summed E-state index contributed by atoms with van der Waals surface area (Å²) in [7, 11) is 0. The number of rotatable bonds is 10. The van der Waals surface area contributed by atoms with E-state index in [2.05, 4.69) is 29.3 Å². The minimum absolute atomic E-state index is 0.115. The SMILES string of the molecule is CCCOc1ccc([C@@H]2c3c(-c4ccccc4O)n[nH]c3C(=O)N2CCc2ccccc2)cc1OCC. The predicted molar refractivity (Wildman–Crippen MR) is 142 cm³/mol. The van der Waals surface area contributed by atoms with Gasteiger partial charge < -0.3 is 19.5 Å². The van der Waals surface area contributed by atoms with Crippen molar-refractivity contribution in [2.75, 3.05) is 19.8 Å². The number of hydrogen-bond donors (Lipinski definition) is 2. The minimum atomic E-state index is -0.404. The van der Waals surface area contributed by atoms with Gasteiger partial charge in [-0.05, 0) is 55.2 Å². The van der Waals surface area contributed by atoms with Gasteiger partial charge in [-0.1, -0.05) is 55.5 Å². The van der Waals surface area contributed by atoms with Crippen molar-refractivity contribution in [3.8, 4) is 28.5 Å². The van der Waals surface area contributed by atoms with Gasteiger partial charge in [-0.2, -0.15) is 5.10 Å². The first-order chi connectivity index (χ1) is 18.1. The topological polar surface area (TPSA) is 87.7 Å². The van der Waals surface area contributed by atoms with Gasteiger partial charge in [0.1, 0.15) is 17.1 Å². The Morgan fingerprint density at radius 3 is 2.51 bits per heavy atom. The molecule has 0 aliphatic carbocycles. The smallest absolute Gasteiger partial charge is 0.273 e. The molecule has 2 N–H and O–H groups in total. The van der Waals surface area contributed by atoms with E-state index in [9.17, 15) is 9.90 Å². The Morgan fingerprint density at radius 2 is 1.76 bits per heavy atom. The van der Waals surface area contributed by atoms with Crippen molar-refractivity contribution in [2.24, 2.45) is 0 Å². The van der Waals surface area contributed by atoms with Crippen molar-refractivity contribution < 1.29 is 19.4 Å². The number of para-hydroxylation sites is 1. The summed E-state index contributed by atoms with van der Waals surface area (Å²) in [6, 6.07) is 22.6. The van der Waals surface area contributed by atoms with Crippen LogP contribution in [0.2, 0.25) is 0 Å². The number of H-pyrrole nitrogens is 1. The fourth-order valence-corrected chi connectivity index (χ4v) is 4.84. The molecule has 37 heavy (non-hydrogen) atoms. The first kappa shape index (κ1) is 24.4. The summed E-state index contributed by atoms with van der Waals surface area (Å²) in [5, 5.41) is 18.0. The van der Waals surface area contributed by atoms with Crippen LogP contribution in [0.3, 0.4) is 0 Å². The molecule has 0 saturated heterocycles. The first-order valence-electron chi connectivity index (χ1n) is 12.7.